The fourth-order valence-corrected chi connectivity index (χ4v) is 4.80. The van der Waals surface area contributed by atoms with Crippen LogP contribution in [0, 0.1) is 13.8 Å². The number of aliphatic hydroxyl groups excluding tert-OH is 1. The summed E-state index contributed by atoms with van der Waals surface area (Å²) in [5.41, 5.74) is 4.04. The predicted molar refractivity (Wildman–Crippen MR) is 132 cm³/mol. The van der Waals surface area contributed by atoms with E-state index in [0.29, 0.717) is 16.8 Å². The van der Waals surface area contributed by atoms with Crippen LogP contribution in [0.2, 0.25) is 5.02 Å². The average Bonchev–Trinajstić information content (AvgIpc) is 3.34. The second-order valence-corrected chi connectivity index (χ2v) is 8.88. The summed E-state index contributed by atoms with van der Waals surface area (Å²) in [6.45, 7) is 3.82. The Kier molecular flexibility index (Phi) is 5.18. The number of halogens is 1. The first-order chi connectivity index (χ1) is 16.3. The number of carbonyl (C=O) groups is 2. The van der Waals surface area contributed by atoms with Crippen molar-refractivity contribution in [3.05, 3.63) is 99.7 Å². The Morgan fingerprint density at radius 3 is 2.41 bits per heavy atom. The van der Waals surface area contributed by atoms with Crippen molar-refractivity contribution in [2.75, 3.05) is 4.90 Å². The second kappa shape index (κ2) is 8.08. The van der Waals surface area contributed by atoms with E-state index in [1.54, 1.807) is 12.3 Å². The van der Waals surface area contributed by atoms with E-state index in [9.17, 15) is 19.8 Å². The Balaban J connectivity index is 1.79. The number of aliphatic hydroxyl groups is 1. The minimum absolute atomic E-state index is 0.0457. The van der Waals surface area contributed by atoms with Gasteiger partial charge < -0.3 is 15.2 Å². The lowest BCUT2D eigenvalue weighted by Gasteiger charge is -2.26. The van der Waals surface area contributed by atoms with Crippen molar-refractivity contribution < 1.29 is 19.8 Å². The number of phenolic OH excluding ortho intramolecular Hbond substituents is 1. The second-order valence-electron chi connectivity index (χ2n) is 8.47. The van der Waals surface area contributed by atoms with Crippen LogP contribution in [0.3, 0.4) is 0 Å². The number of H-pyrrole nitrogens is 1. The van der Waals surface area contributed by atoms with Crippen LogP contribution in [0.5, 0.6) is 5.75 Å². The predicted octanol–water partition coefficient (Wildman–Crippen LogP) is 5.77. The third-order valence-corrected chi connectivity index (χ3v) is 6.36. The lowest BCUT2D eigenvalue weighted by Crippen LogP contribution is -2.29. The van der Waals surface area contributed by atoms with Crippen LogP contribution in [-0.4, -0.2) is 26.9 Å². The molecule has 1 saturated heterocycles. The SMILES string of the molecule is Cc1cc(C)cc(N2C(=O)C(=O)/C(=C(\O)c3c[nH]c4ccccc34)C2c2ccc(O)c(Cl)c2)c1. The molecule has 0 aliphatic carbocycles. The number of aromatic nitrogens is 1. The number of aromatic hydroxyl groups is 1. The molecule has 2 heterocycles. The molecule has 0 saturated carbocycles. The summed E-state index contributed by atoms with van der Waals surface area (Å²) in [4.78, 5) is 31.2. The van der Waals surface area contributed by atoms with Gasteiger partial charge in [0.1, 0.15) is 11.5 Å². The molecule has 1 aromatic heterocycles. The molecule has 0 bridgehead atoms. The summed E-state index contributed by atoms with van der Waals surface area (Å²) in [5, 5.41) is 22.1. The van der Waals surface area contributed by atoms with Gasteiger partial charge in [0.05, 0.1) is 16.6 Å². The molecule has 1 aliphatic heterocycles. The Labute approximate surface area is 200 Å². The van der Waals surface area contributed by atoms with Crippen LogP contribution in [0.1, 0.15) is 28.3 Å². The summed E-state index contributed by atoms with van der Waals surface area (Å²) >= 11 is 6.19. The minimum Gasteiger partial charge on any atom is -0.507 e. The third-order valence-electron chi connectivity index (χ3n) is 6.06. The topological polar surface area (TPSA) is 93.6 Å². The van der Waals surface area contributed by atoms with Crippen LogP contribution in [0.4, 0.5) is 5.69 Å². The maximum Gasteiger partial charge on any atom is 0.300 e. The van der Waals surface area contributed by atoms with Gasteiger partial charge in [0.2, 0.25) is 0 Å². The number of anilines is 1. The zero-order valence-electron chi connectivity index (χ0n) is 18.5. The number of amides is 1. The van der Waals surface area contributed by atoms with E-state index in [2.05, 4.69) is 4.98 Å². The third kappa shape index (κ3) is 3.43. The molecule has 1 atom stereocenters. The van der Waals surface area contributed by atoms with Crippen LogP contribution in [0.15, 0.2) is 72.4 Å². The molecule has 7 heteroatoms. The summed E-state index contributed by atoms with van der Waals surface area (Å²) in [7, 11) is 0. The molecule has 1 amide bonds. The van der Waals surface area contributed by atoms with Crippen molar-refractivity contribution in [1.29, 1.82) is 0 Å². The quantitative estimate of drug-likeness (QED) is 0.200. The molecule has 1 fully saturated rings. The first-order valence-electron chi connectivity index (χ1n) is 10.7. The molecule has 6 nitrogen and oxygen atoms in total. The number of fused-ring (bicyclic) bond motifs is 1. The van der Waals surface area contributed by atoms with E-state index in [-0.39, 0.29) is 22.1 Å². The summed E-state index contributed by atoms with van der Waals surface area (Å²) in [5.74, 6) is -1.95. The fourth-order valence-electron chi connectivity index (χ4n) is 4.61. The molecule has 1 unspecified atom stereocenters. The molecule has 1 aliphatic rings. The number of hydrogen-bond acceptors (Lipinski definition) is 4. The number of para-hydroxylation sites is 1. The number of aryl methyl sites for hydroxylation is 2. The Morgan fingerprint density at radius 2 is 1.71 bits per heavy atom. The molecule has 0 radical (unpaired) electrons. The standard InChI is InChI=1S/C27H21ClN2O4/c1-14-9-15(2)11-17(10-14)30-24(16-7-8-22(31)20(28)12-16)23(26(33)27(30)34)25(32)19-13-29-21-6-4-3-5-18(19)21/h3-13,24,29,31-32H,1-2H3/b25-23-. The highest BCUT2D eigenvalue weighted by Crippen LogP contribution is 2.44. The molecular formula is C27H21ClN2O4. The molecule has 170 valence electrons. The van der Waals surface area contributed by atoms with E-state index < -0.39 is 17.7 Å². The van der Waals surface area contributed by atoms with Crippen molar-refractivity contribution in [3.8, 4) is 5.75 Å². The molecule has 0 spiro atoms. The Hall–Kier alpha value is -4.03. The van der Waals surface area contributed by atoms with Crippen molar-refractivity contribution in [2.24, 2.45) is 0 Å². The van der Waals surface area contributed by atoms with Crippen LogP contribution in [0.25, 0.3) is 16.7 Å². The number of carbonyl (C=O) groups excluding carboxylic acids is 2. The van der Waals surface area contributed by atoms with Crippen molar-refractivity contribution in [1.82, 2.24) is 4.98 Å². The summed E-state index contributed by atoms with van der Waals surface area (Å²) in [6.07, 6.45) is 1.62. The first-order valence-corrected chi connectivity index (χ1v) is 11.1. The fraction of sp³-hybridized carbons (Fsp3) is 0.111. The number of nitrogens with zero attached hydrogens (tertiary/aromatic N) is 1. The van der Waals surface area contributed by atoms with Gasteiger partial charge in [-0.3, -0.25) is 14.5 Å². The van der Waals surface area contributed by atoms with Gasteiger partial charge in [0.25, 0.3) is 11.7 Å². The van der Waals surface area contributed by atoms with Gasteiger partial charge in [-0.05, 0) is 60.9 Å². The van der Waals surface area contributed by atoms with E-state index in [1.165, 1.54) is 17.0 Å². The van der Waals surface area contributed by atoms with Crippen molar-refractivity contribution in [3.63, 3.8) is 0 Å². The highest BCUT2D eigenvalue weighted by Gasteiger charge is 2.47. The van der Waals surface area contributed by atoms with Gasteiger partial charge >= 0.3 is 0 Å². The van der Waals surface area contributed by atoms with Gasteiger partial charge in [-0.1, -0.05) is 41.9 Å². The minimum atomic E-state index is -0.937. The number of Topliss-reactive ketones (excluding diaryl/α,β-unsaturated/α-hetero) is 1. The average molecular weight is 473 g/mol. The van der Waals surface area contributed by atoms with E-state index >= 15 is 0 Å². The zero-order valence-corrected chi connectivity index (χ0v) is 19.2. The maximum absolute atomic E-state index is 13.4. The molecule has 3 N–H and O–H groups in total. The van der Waals surface area contributed by atoms with Gasteiger partial charge in [-0.2, -0.15) is 0 Å². The molecule has 34 heavy (non-hydrogen) atoms. The molecular weight excluding hydrogens is 452 g/mol. The van der Waals surface area contributed by atoms with Crippen LogP contribution < -0.4 is 4.90 Å². The lowest BCUT2D eigenvalue weighted by molar-refractivity contribution is -0.132. The number of aromatic amines is 1. The van der Waals surface area contributed by atoms with Gasteiger partial charge in [-0.25, -0.2) is 0 Å². The Bertz CT molecular complexity index is 1500. The van der Waals surface area contributed by atoms with E-state index in [4.69, 9.17) is 11.6 Å². The highest BCUT2D eigenvalue weighted by atomic mass is 35.5. The lowest BCUT2D eigenvalue weighted by atomic mass is 9.94. The smallest absolute Gasteiger partial charge is 0.300 e. The normalized spacial score (nSPS) is 17.6. The number of phenols is 1. The van der Waals surface area contributed by atoms with Crippen molar-refractivity contribution in [2.45, 2.75) is 19.9 Å². The monoisotopic (exact) mass is 472 g/mol. The largest absolute Gasteiger partial charge is 0.507 e. The maximum atomic E-state index is 13.4. The first kappa shape index (κ1) is 21.8. The highest BCUT2D eigenvalue weighted by molar-refractivity contribution is 6.52. The van der Waals surface area contributed by atoms with Crippen molar-refractivity contribution >= 4 is 45.6 Å². The summed E-state index contributed by atoms with van der Waals surface area (Å²) < 4.78 is 0. The summed E-state index contributed by atoms with van der Waals surface area (Å²) in [6, 6.07) is 16.6. The van der Waals surface area contributed by atoms with E-state index in [1.807, 2.05) is 56.3 Å². The Morgan fingerprint density at radius 1 is 1.00 bits per heavy atom. The number of hydrogen-bond donors (Lipinski definition) is 3. The number of rotatable bonds is 3. The zero-order chi connectivity index (χ0) is 24.1. The van der Waals surface area contributed by atoms with Crippen LogP contribution in [-0.2, 0) is 9.59 Å². The van der Waals surface area contributed by atoms with Gasteiger partial charge in [-0.15, -0.1) is 0 Å². The number of ketones is 1. The van der Waals surface area contributed by atoms with Gasteiger partial charge in [0, 0.05) is 28.4 Å². The van der Waals surface area contributed by atoms with E-state index in [0.717, 1.165) is 22.0 Å². The molecule has 3 aromatic carbocycles. The molecule has 5 rings (SSSR count). The number of benzene rings is 3. The van der Waals surface area contributed by atoms with Gasteiger partial charge in [0.15, 0.2) is 0 Å². The molecule has 4 aromatic rings. The van der Waals surface area contributed by atoms with Crippen LogP contribution >= 0.6 is 11.6 Å². The number of nitrogens with one attached hydrogen (secondary N) is 1.